The van der Waals surface area contributed by atoms with Crippen LogP contribution in [0.3, 0.4) is 0 Å². The lowest BCUT2D eigenvalue weighted by Gasteiger charge is -2.23. The summed E-state index contributed by atoms with van der Waals surface area (Å²) in [5.74, 6) is -1.03. The summed E-state index contributed by atoms with van der Waals surface area (Å²) in [6, 6.07) is 5.12. The Labute approximate surface area is 82.5 Å². The summed E-state index contributed by atoms with van der Waals surface area (Å²) >= 11 is 0. The van der Waals surface area contributed by atoms with Crippen LogP contribution in [-0.4, -0.2) is 22.7 Å². The maximum atomic E-state index is 11.0. The summed E-state index contributed by atoms with van der Waals surface area (Å²) in [6.07, 6.45) is 1.55. The molecule has 0 aliphatic carbocycles. The Bertz CT molecular complexity index is 312. The van der Waals surface area contributed by atoms with Crippen molar-refractivity contribution in [3.8, 4) is 0 Å². The van der Waals surface area contributed by atoms with Crippen LogP contribution in [0.5, 0.6) is 0 Å². The van der Waals surface area contributed by atoms with Crippen LogP contribution >= 0.6 is 0 Å². The van der Waals surface area contributed by atoms with Crippen molar-refractivity contribution >= 4 is 5.97 Å². The second-order valence-electron chi connectivity index (χ2n) is 2.99. The van der Waals surface area contributed by atoms with Gasteiger partial charge in [-0.05, 0) is 26.0 Å². The van der Waals surface area contributed by atoms with Crippen molar-refractivity contribution < 1.29 is 14.6 Å². The molecule has 0 amide bonds. The van der Waals surface area contributed by atoms with Crippen molar-refractivity contribution in [3.63, 3.8) is 0 Å². The molecule has 0 aliphatic rings. The van der Waals surface area contributed by atoms with E-state index in [4.69, 9.17) is 9.84 Å². The number of carbonyl (C=O) groups is 1. The van der Waals surface area contributed by atoms with E-state index in [9.17, 15) is 4.79 Å². The minimum Gasteiger partial charge on any atom is -0.479 e. The van der Waals surface area contributed by atoms with Crippen molar-refractivity contribution in [3.05, 3.63) is 30.1 Å². The zero-order valence-electron chi connectivity index (χ0n) is 8.23. The van der Waals surface area contributed by atoms with E-state index in [1.807, 2.05) is 0 Å². The molecule has 0 radical (unpaired) electrons. The zero-order valence-corrected chi connectivity index (χ0v) is 8.23. The highest BCUT2D eigenvalue weighted by Gasteiger charge is 2.37. The second-order valence-corrected chi connectivity index (χ2v) is 2.99. The Kier molecular flexibility index (Phi) is 3.19. The fourth-order valence-electron chi connectivity index (χ4n) is 1.18. The number of rotatable bonds is 4. The molecule has 0 saturated carbocycles. The number of pyridine rings is 1. The molecule has 1 heterocycles. The molecule has 76 valence electrons. The fourth-order valence-corrected chi connectivity index (χ4v) is 1.18. The Morgan fingerprint density at radius 3 is 2.79 bits per heavy atom. The van der Waals surface area contributed by atoms with Gasteiger partial charge < -0.3 is 9.84 Å². The van der Waals surface area contributed by atoms with Gasteiger partial charge in [-0.15, -0.1) is 0 Å². The van der Waals surface area contributed by atoms with Crippen LogP contribution in [0.25, 0.3) is 0 Å². The molecule has 0 bridgehead atoms. The van der Waals surface area contributed by atoms with Gasteiger partial charge in [-0.25, -0.2) is 4.79 Å². The Balaban J connectivity index is 3.06. The number of carboxylic acids is 1. The van der Waals surface area contributed by atoms with Crippen molar-refractivity contribution in [1.29, 1.82) is 0 Å². The zero-order chi connectivity index (χ0) is 10.6. The SMILES string of the molecule is CCOC(C)(C(=O)O)c1ccccn1. The maximum Gasteiger partial charge on any atom is 0.342 e. The monoisotopic (exact) mass is 195 g/mol. The molecule has 1 aromatic rings. The minimum atomic E-state index is -1.35. The van der Waals surface area contributed by atoms with Gasteiger partial charge in [0, 0.05) is 12.8 Å². The molecular formula is C10H13NO3. The third-order valence-corrected chi connectivity index (χ3v) is 1.99. The molecule has 1 rings (SSSR count). The van der Waals surface area contributed by atoms with Crippen molar-refractivity contribution in [2.75, 3.05) is 6.61 Å². The molecule has 1 aromatic heterocycles. The van der Waals surface area contributed by atoms with Crippen molar-refractivity contribution in [2.45, 2.75) is 19.4 Å². The van der Waals surface area contributed by atoms with Gasteiger partial charge >= 0.3 is 5.97 Å². The molecule has 4 nitrogen and oxygen atoms in total. The molecular weight excluding hydrogens is 182 g/mol. The Morgan fingerprint density at radius 1 is 1.64 bits per heavy atom. The average Bonchev–Trinajstić information content (AvgIpc) is 2.19. The van der Waals surface area contributed by atoms with Crippen molar-refractivity contribution in [2.24, 2.45) is 0 Å². The third kappa shape index (κ3) is 1.90. The number of ether oxygens (including phenoxy) is 1. The maximum absolute atomic E-state index is 11.0. The summed E-state index contributed by atoms with van der Waals surface area (Å²) in [7, 11) is 0. The van der Waals surface area contributed by atoms with Crippen molar-refractivity contribution in [1.82, 2.24) is 4.98 Å². The molecule has 0 aromatic carbocycles. The van der Waals surface area contributed by atoms with Gasteiger partial charge in [-0.2, -0.15) is 0 Å². The van der Waals surface area contributed by atoms with E-state index in [1.165, 1.54) is 6.92 Å². The highest BCUT2D eigenvalue weighted by molar-refractivity contribution is 5.78. The lowest BCUT2D eigenvalue weighted by Crippen LogP contribution is -2.36. The minimum absolute atomic E-state index is 0.333. The predicted octanol–water partition coefficient (Wildman–Crippen LogP) is 1.42. The number of nitrogens with zero attached hydrogens (tertiary/aromatic N) is 1. The number of aliphatic carboxylic acids is 1. The lowest BCUT2D eigenvalue weighted by molar-refractivity contribution is -0.165. The first-order valence-electron chi connectivity index (χ1n) is 4.40. The molecule has 1 atom stereocenters. The van der Waals surface area contributed by atoms with Crippen LogP contribution in [0, 0.1) is 0 Å². The normalized spacial score (nSPS) is 14.7. The van der Waals surface area contributed by atoms with E-state index in [0.29, 0.717) is 12.3 Å². The van der Waals surface area contributed by atoms with E-state index >= 15 is 0 Å². The fraction of sp³-hybridized carbons (Fsp3) is 0.400. The Hall–Kier alpha value is -1.42. The molecule has 1 unspecified atom stereocenters. The molecule has 0 aliphatic heterocycles. The van der Waals surface area contributed by atoms with Crippen LogP contribution in [-0.2, 0) is 15.1 Å². The molecule has 1 N–H and O–H groups in total. The largest absolute Gasteiger partial charge is 0.479 e. The van der Waals surface area contributed by atoms with Crippen LogP contribution in [0.4, 0.5) is 0 Å². The van der Waals surface area contributed by atoms with E-state index in [1.54, 1.807) is 31.3 Å². The quantitative estimate of drug-likeness (QED) is 0.789. The highest BCUT2D eigenvalue weighted by Crippen LogP contribution is 2.23. The van der Waals surface area contributed by atoms with Gasteiger partial charge in [0.15, 0.2) is 0 Å². The van der Waals surface area contributed by atoms with Crippen LogP contribution in [0.2, 0.25) is 0 Å². The van der Waals surface area contributed by atoms with Gasteiger partial charge in [0.25, 0.3) is 0 Å². The Morgan fingerprint density at radius 2 is 2.36 bits per heavy atom. The van der Waals surface area contributed by atoms with Gasteiger partial charge in [0.2, 0.25) is 5.60 Å². The second kappa shape index (κ2) is 4.19. The van der Waals surface area contributed by atoms with Gasteiger partial charge in [0.05, 0.1) is 5.69 Å². The number of hydrogen-bond acceptors (Lipinski definition) is 3. The van der Waals surface area contributed by atoms with Crippen LogP contribution in [0.1, 0.15) is 19.5 Å². The van der Waals surface area contributed by atoms with Gasteiger partial charge in [0.1, 0.15) is 0 Å². The molecule has 0 spiro atoms. The summed E-state index contributed by atoms with van der Waals surface area (Å²) < 4.78 is 5.21. The number of carboxylic acid groups (broad SMARTS) is 1. The first kappa shape index (κ1) is 10.7. The van der Waals surface area contributed by atoms with E-state index in [0.717, 1.165) is 0 Å². The van der Waals surface area contributed by atoms with Gasteiger partial charge in [-0.3, -0.25) is 4.98 Å². The standard InChI is InChI=1S/C10H13NO3/c1-3-14-10(2,9(12)13)8-6-4-5-7-11-8/h4-7H,3H2,1-2H3,(H,12,13). The summed E-state index contributed by atoms with van der Waals surface area (Å²) in [5.41, 5.74) is -0.940. The lowest BCUT2D eigenvalue weighted by atomic mass is 10.0. The number of hydrogen-bond donors (Lipinski definition) is 1. The smallest absolute Gasteiger partial charge is 0.342 e. The average molecular weight is 195 g/mol. The summed E-state index contributed by atoms with van der Waals surface area (Å²) in [4.78, 5) is 15.0. The topological polar surface area (TPSA) is 59.4 Å². The molecule has 0 saturated heterocycles. The molecule has 4 heteroatoms. The number of aromatic nitrogens is 1. The predicted molar refractivity (Wildman–Crippen MR) is 50.9 cm³/mol. The van der Waals surface area contributed by atoms with E-state index in [-0.39, 0.29) is 0 Å². The van der Waals surface area contributed by atoms with E-state index < -0.39 is 11.6 Å². The van der Waals surface area contributed by atoms with Gasteiger partial charge in [-0.1, -0.05) is 6.07 Å². The third-order valence-electron chi connectivity index (χ3n) is 1.99. The summed E-state index contributed by atoms with van der Waals surface area (Å²) in [6.45, 7) is 3.59. The molecule has 14 heavy (non-hydrogen) atoms. The summed E-state index contributed by atoms with van der Waals surface area (Å²) in [5, 5.41) is 9.05. The first-order valence-corrected chi connectivity index (χ1v) is 4.40. The highest BCUT2D eigenvalue weighted by atomic mass is 16.5. The first-order chi connectivity index (χ1) is 6.61. The molecule has 0 fully saturated rings. The van der Waals surface area contributed by atoms with Crippen LogP contribution in [0.15, 0.2) is 24.4 Å². The van der Waals surface area contributed by atoms with E-state index in [2.05, 4.69) is 4.98 Å². The van der Waals surface area contributed by atoms with Crippen LogP contribution < -0.4 is 0 Å².